The van der Waals surface area contributed by atoms with Gasteiger partial charge in [0.05, 0.1) is 13.5 Å². The lowest BCUT2D eigenvalue weighted by Crippen LogP contribution is -2.48. The summed E-state index contributed by atoms with van der Waals surface area (Å²) in [6.07, 6.45) is 1.27. The van der Waals surface area contributed by atoms with Crippen LogP contribution in [0.4, 0.5) is 0 Å². The molecule has 0 atom stereocenters. The molecule has 0 saturated carbocycles. The third-order valence-electron chi connectivity index (χ3n) is 5.09. The van der Waals surface area contributed by atoms with Gasteiger partial charge in [0.25, 0.3) is 5.91 Å². The minimum absolute atomic E-state index is 0.0332. The van der Waals surface area contributed by atoms with Gasteiger partial charge in [0.2, 0.25) is 11.8 Å². The quantitative estimate of drug-likeness (QED) is 0.653. The molecule has 8 heteroatoms. The number of amides is 3. The molecule has 3 rings (SSSR count). The Hall–Kier alpha value is -2.87. The molecule has 2 aromatic carbocycles. The summed E-state index contributed by atoms with van der Waals surface area (Å²) >= 11 is 3.36. The van der Waals surface area contributed by atoms with Gasteiger partial charge in [-0.1, -0.05) is 28.1 Å². The molecule has 2 N–H and O–H groups in total. The zero-order valence-electron chi connectivity index (χ0n) is 16.7. The molecule has 1 heterocycles. The van der Waals surface area contributed by atoms with Crippen LogP contribution in [0.3, 0.4) is 0 Å². The molecular formula is C22H24BrN3O4. The van der Waals surface area contributed by atoms with E-state index in [4.69, 9.17) is 4.74 Å². The van der Waals surface area contributed by atoms with Gasteiger partial charge in [0.15, 0.2) is 0 Å². The van der Waals surface area contributed by atoms with Gasteiger partial charge in [-0.05, 0) is 54.8 Å². The summed E-state index contributed by atoms with van der Waals surface area (Å²) in [7, 11) is 1.58. The Bertz CT molecular complexity index is 892. The van der Waals surface area contributed by atoms with Crippen LogP contribution in [0.5, 0.6) is 5.75 Å². The summed E-state index contributed by atoms with van der Waals surface area (Å²) in [5.74, 6) is -0.0722. The van der Waals surface area contributed by atoms with Gasteiger partial charge >= 0.3 is 0 Å². The van der Waals surface area contributed by atoms with Gasteiger partial charge in [-0.2, -0.15) is 0 Å². The third kappa shape index (κ3) is 5.82. The fourth-order valence-electron chi connectivity index (χ4n) is 3.33. The SMILES string of the molecule is COc1ccc(CC(=O)NNC(=O)C2CCN(C(=O)c3ccc(Br)cc3)CC2)cc1. The van der Waals surface area contributed by atoms with Crippen molar-refractivity contribution >= 4 is 33.7 Å². The number of carbonyl (C=O) groups excluding carboxylic acids is 3. The van der Waals surface area contributed by atoms with Gasteiger partial charge in [-0.25, -0.2) is 0 Å². The number of rotatable bonds is 5. The zero-order valence-corrected chi connectivity index (χ0v) is 18.3. The highest BCUT2D eigenvalue weighted by atomic mass is 79.9. The Morgan fingerprint density at radius 2 is 1.63 bits per heavy atom. The van der Waals surface area contributed by atoms with E-state index in [1.807, 2.05) is 12.1 Å². The maximum absolute atomic E-state index is 12.6. The lowest BCUT2D eigenvalue weighted by molar-refractivity contribution is -0.131. The summed E-state index contributed by atoms with van der Waals surface area (Å²) in [5, 5.41) is 0. The predicted octanol–water partition coefficient (Wildman–Crippen LogP) is 2.70. The maximum atomic E-state index is 12.6. The topological polar surface area (TPSA) is 87.7 Å². The third-order valence-corrected chi connectivity index (χ3v) is 5.62. The van der Waals surface area contributed by atoms with E-state index in [1.54, 1.807) is 48.4 Å². The molecule has 1 fully saturated rings. The summed E-state index contributed by atoms with van der Waals surface area (Å²) < 4.78 is 6.01. The van der Waals surface area contributed by atoms with Gasteiger partial charge < -0.3 is 9.64 Å². The first-order valence-electron chi connectivity index (χ1n) is 9.72. The molecule has 7 nitrogen and oxygen atoms in total. The number of hydrazine groups is 1. The van der Waals surface area contributed by atoms with E-state index in [1.165, 1.54) is 0 Å². The van der Waals surface area contributed by atoms with E-state index in [-0.39, 0.29) is 30.1 Å². The number of carbonyl (C=O) groups is 3. The number of nitrogens with one attached hydrogen (secondary N) is 2. The number of piperidine rings is 1. The van der Waals surface area contributed by atoms with Crippen molar-refractivity contribution in [1.29, 1.82) is 0 Å². The van der Waals surface area contributed by atoms with Gasteiger partial charge in [0.1, 0.15) is 5.75 Å². The van der Waals surface area contributed by atoms with E-state index in [0.717, 1.165) is 15.8 Å². The molecule has 0 aromatic heterocycles. The first-order chi connectivity index (χ1) is 14.5. The van der Waals surface area contributed by atoms with Crippen molar-refractivity contribution in [2.45, 2.75) is 19.3 Å². The lowest BCUT2D eigenvalue weighted by Gasteiger charge is -2.31. The largest absolute Gasteiger partial charge is 0.497 e. The minimum atomic E-state index is -0.295. The molecule has 2 aromatic rings. The fourth-order valence-corrected chi connectivity index (χ4v) is 3.59. The van der Waals surface area contributed by atoms with Gasteiger partial charge in [-0.3, -0.25) is 25.2 Å². The van der Waals surface area contributed by atoms with E-state index in [9.17, 15) is 14.4 Å². The van der Waals surface area contributed by atoms with Crippen LogP contribution < -0.4 is 15.6 Å². The fraction of sp³-hybridized carbons (Fsp3) is 0.318. The van der Waals surface area contributed by atoms with Gasteiger partial charge in [-0.15, -0.1) is 0 Å². The van der Waals surface area contributed by atoms with Gasteiger partial charge in [0, 0.05) is 29.0 Å². The van der Waals surface area contributed by atoms with E-state index in [0.29, 0.717) is 31.5 Å². The van der Waals surface area contributed by atoms with Crippen molar-refractivity contribution < 1.29 is 19.1 Å². The molecule has 0 unspecified atom stereocenters. The Kier molecular flexibility index (Phi) is 7.46. The Morgan fingerprint density at radius 1 is 1.00 bits per heavy atom. The first kappa shape index (κ1) is 21.8. The lowest BCUT2D eigenvalue weighted by atomic mass is 9.95. The molecule has 30 heavy (non-hydrogen) atoms. The number of halogens is 1. The molecule has 1 aliphatic heterocycles. The van der Waals surface area contributed by atoms with Crippen LogP contribution in [0.15, 0.2) is 53.0 Å². The van der Waals surface area contributed by atoms with Crippen LogP contribution in [0.2, 0.25) is 0 Å². The highest BCUT2D eigenvalue weighted by Crippen LogP contribution is 2.20. The zero-order chi connectivity index (χ0) is 21.5. The molecule has 1 saturated heterocycles. The van der Waals surface area contributed by atoms with Crippen LogP contribution >= 0.6 is 15.9 Å². The molecule has 158 valence electrons. The molecule has 0 radical (unpaired) electrons. The molecule has 1 aliphatic rings. The van der Waals surface area contributed by atoms with Crippen molar-refractivity contribution in [2.75, 3.05) is 20.2 Å². The molecule has 3 amide bonds. The van der Waals surface area contributed by atoms with Crippen LogP contribution in [0, 0.1) is 5.92 Å². The number of likely N-dealkylation sites (tertiary alicyclic amines) is 1. The van der Waals surface area contributed by atoms with Crippen LogP contribution in [0.1, 0.15) is 28.8 Å². The van der Waals surface area contributed by atoms with Crippen molar-refractivity contribution in [3.05, 3.63) is 64.1 Å². The number of methoxy groups -OCH3 is 1. The summed E-state index contributed by atoms with van der Waals surface area (Å²) in [6, 6.07) is 14.4. The van der Waals surface area contributed by atoms with E-state index in [2.05, 4.69) is 26.8 Å². The summed E-state index contributed by atoms with van der Waals surface area (Å²) in [5.41, 5.74) is 6.43. The first-order valence-corrected chi connectivity index (χ1v) is 10.5. The average Bonchev–Trinajstić information content (AvgIpc) is 2.78. The molecule has 0 spiro atoms. The van der Waals surface area contributed by atoms with Crippen molar-refractivity contribution in [3.8, 4) is 5.75 Å². The van der Waals surface area contributed by atoms with Crippen molar-refractivity contribution in [3.63, 3.8) is 0 Å². The Labute approximate surface area is 183 Å². The summed E-state index contributed by atoms with van der Waals surface area (Å²) in [4.78, 5) is 38.8. The predicted molar refractivity (Wildman–Crippen MR) is 116 cm³/mol. The smallest absolute Gasteiger partial charge is 0.253 e. The number of hydrogen-bond acceptors (Lipinski definition) is 4. The van der Waals surface area contributed by atoms with Crippen LogP contribution in [-0.4, -0.2) is 42.8 Å². The average molecular weight is 474 g/mol. The second-order valence-electron chi connectivity index (χ2n) is 7.14. The monoisotopic (exact) mass is 473 g/mol. The number of ether oxygens (including phenoxy) is 1. The normalized spacial score (nSPS) is 14.1. The molecule has 0 bridgehead atoms. The number of nitrogens with zero attached hydrogens (tertiary/aromatic N) is 1. The molecule has 0 aliphatic carbocycles. The second-order valence-corrected chi connectivity index (χ2v) is 8.05. The standard InChI is InChI=1S/C22H24BrN3O4/c1-30-19-8-2-15(3-9-19)14-20(27)24-25-21(28)16-10-12-26(13-11-16)22(29)17-4-6-18(23)7-5-17/h2-9,16H,10-14H2,1H3,(H,24,27)(H,25,28). The molecular weight excluding hydrogens is 450 g/mol. The number of benzene rings is 2. The number of hydrogen-bond donors (Lipinski definition) is 2. The minimum Gasteiger partial charge on any atom is -0.497 e. The van der Waals surface area contributed by atoms with Crippen LogP contribution in [0.25, 0.3) is 0 Å². The van der Waals surface area contributed by atoms with Crippen LogP contribution in [-0.2, 0) is 16.0 Å². The Balaban J connectivity index is 1.41. The highest BCUT2D eigenvalue weighted by Gasteiger charge is 2.28. The Morgan fingerprint density at radius 3 is 2.23 bits per heavy atom. The van der Waals surface area contributed by atoms with Crippen molar-refractivity contribution in [1.82, 2.24) is 15.8 Å². The van der Waals surface area contributed by atoms with E-state index >= 15 is 0 Å². The van der Waals surface area contributed by atoms with E-state index < -0.39 is 0 Å². The second kappa shape index (κ2) is 10.2. The maximum Gasteiger partial charge on any atom is 0.253 e. The highest BCUT2D eigenvalue weighted by molar-refractivity contribution is 9.10. The van der Waals surface area contributed by atoms with Crippen molar-refractivity contribution in [2.24, 2.45) is 5.92 Å². The summed E-state index contributed by atoms with van der Waals surface area (Å²) in [6.45, 7) is 1.01.